The van der Waals surface area contributed by atoms with E-state index in [2.05, 4.69) is 4.98 Å². The average molecular weight is 366 g/mol. The van der Waals surface area contributed by atoms with E-state index in [1.54, 1.807) is 28.7 Å². The third-order valence-electron chi connectivity index (χ3n) is 3.88. The van der Waals surface area contributed by atoms with Crippen molar-refractivity contribution in [2.45, 2.75) is 6.92 Å². The summed E-state index contributed by atoms with van der Waals surface area (Å²) in [5.41, 5.74) is 2.26. The topological polar surface area (TPSA) is 69.9 Å². The predicted molar refractivity (Wildman–Crippen MR) is 99.9 cm³/mol. The van der Waals surface area contributed by atoms with Gasteiger partial charge < -0.3 is 9.47 Å². The van der Waals surface area contributed by atoms with Gasteiger partial charge in [-0.1, -0.05) is 29.5 Å². The number of rotatable bonds is 3. The van der Waals surface area contributed by atoms with E-state index in [4.69, 9.17) is 9.47 Å². The second-order valence-corrected chi connectivity index (χ2v) is 6.65. The SMILES string of the molecule is COc1cc(/C=c2\sc3nc4ccccc4n3c2=O)ccc1OC(C)=O. The third kappa shape index (κ3) is 2.72. The number of imidazole rings is 1. The molecule has 0 saturated carbocycles. The van der Waals surface area contributed by atoms with Gasteiger partial charge in [0.25, 0.3) is 5.56 Å². The standard InChI is InChI=1S/C19H14N2O4S/c1-11(22)25-15-8-7-12(9-16(15)24-2)10-17-18(23)21-14-6-4-3-5-13(14)20-19(21)26-17/h3-10H,1-2H3/b17-10-. The van der Waals surface area contributed by atoms with E-state index in [0.29, 0.717) is 21.0 Å². The van der Waals surface area contributed by atoms with Crippen molar-refractivity contribution in [2.75, 3.05) is 7.11 Å². The Balaban J connectivity index is 1.85. The molecule has 0 amide bonds. The number of esters is 1. The van der Waals surface area contributed by atoms with E-state index in [0.717, 1.165) is 16.6 Å². The lowest BCUT2D eigenvalue weighted by Gasteiger charge is -2.08. The summed E-state index contributed by atoms with van der Waals surface area (Å²) in [5.74, 6) is 0.341. The lowest BCUT2D eigenvalue weighted by Crippen LogP contribution is -2.22. The van der Waals surface area contributed by atoms with Gasteiger partial charge in [0, 0.05) is 6.92 Å². The molecule has 0 aliphatic heterocycles. The Morgan fingerprint density at radius 1 is 1.19 bits per heavy atom. The molecule has 4 aromatic rings. The van der Waals surface area contributed by atoms with Crippen molar-refractivity contribution in [1.82, 2.24) is 9.38 Å². The number of methoxy groups -OCH3 is 1. The van der Waals surface area contributed by atoms with Crippen LogP contribution in [-0.2, 0) is 4.79 Å². The molecule has 26 heavy (non-hydrogen) atoms. The Labute approximate surface area is 151 Å². The number of aromatic nitrogens is 2. The maximum atomic E-state index is 12.8. The number of para-hydroxylation sites is 2. The summed E-state index contributed by atoms with van der Waals surface area (Å²) in [6.45, 7) is 1.33. The Kier molecular flexibility index (Phi) is 3.93. The molecule has 130 valence electrons. The van der Waals surface area contributed by atoms with E-state index < -0.39 is 5.97 Å². The van der Waals surface area contributed by atoms with Gasteiger partial charge in [-0.2, -0.15) is 0 Å². The molecule has 0 spiro atoms. The van der Waals surface area contributed by atoms with Crippen LogP contribution in [0.25, 0.3) is 22.1 Å². The van der Waals surface area contributed by atoms with Crippen LogP contribution in [0.1, 0.15) is 12.5 Å². The summed E-state index contributed by atoms with van der Waals surface area (Å²) >= 11 is 1.33. The molecule has 7 heteroatoms. The number of carbonyl (C=O) groups is 1. The van der Waals surface area contributed by atoms with Crippen molar-refractivity contribution in [3.63, 3.8) is 0 Å². The highest BCUT2D eigenvalue weighted by Crippen LogP contribution is 2.28. The normalized spacial score (nSPS) is 12.0. The molecule has 0 aliphatic carbocycles. The summed E-state index contributed by atoms with van der Waals surface area (Å²) in [6.07, 6.45) is 1.77. The number of nitrogens with zero attached hydrogens (tertiary/aromatic N) is 2. The van der Waals surface area contributed by atoms with Crippen LogP contribution in [-0.4, -0.2) is 22.5 Å². The number of benzene rings is 2. The molecule has 6 nitrogen and oxygen atoms in total. The Morgan fingerprint density at radius 3 is 2.77 bits per heavy atom. The fourth-order valence-corrected chi connectivity index (χ4v) is 3.76. The van der Waals surface area contributed by atoms with E-state index in [1.165, 1.54) is 25.4 Å². The molecular weight excluding hydrogens is 352 g/mol. The molecule has 0 aliphatic rings. The van der Waals surface area contributed by atoms with Crippen molar-refractivity contribution < 1.29 is 14.3 Å². The summed E-state index contributed by atoms with van der Waals surface area (Å²) < 4.78 is 12.6. The minimum absolute atomic E-state index is 0.110. The molecule has 4 rings (SSSR count). The Bertz CT molecular complexity index is 1260. The van der Waals surface area contributed by atoms with Crippen molar-refractivity contribution in [2.24, 2.45) is 0 Å². The van der Waals surface area contributed by atoms with Crippen LogP contribution in [0.15, 0.2) is 47.3 Å². The van der Waals surface area contributed by atoms with Crippen LogP contribution < -0.4 is 19.6 Å². The lowest BCUT2D eigenvalue weighted by molar-refractivity contribution is -0.132. The van der Waals surface area contributed by atoms with Crippen LogP contribution in [0.3, 0.4) is 0 Å². The van der Waals surface area contributed by atoms with Gasteiger partial charge in [-0.15, -0.1) is 0 Å². The van der Waals surface area contributed by atoms with E-state index in [-0.39, 0.29) is 5.56 Å². The van der Waals surface area contributed by atoms with Gasteiger partial charge in [0.2, 0.25) is 0 Å². The van der Waals surface area contributed by atoms with Crippen LogP contribution in [0.2, 0.25) is 0 Å². The van der Waals surface area contributed by atoms with Gasteiger partial charge in [0.1, 0.15) is 0 Å². The highest BCUT2D eigenvalue weighted by atomic mass is 32.1. The lowest BCUT2D eigenvalue weighted by atomic mass is 10.2. The fraction of sp³-hybridized carbons (Fsp3) is 0.105. The first-order valence-electron chi connectivity index (χ1n) is 7.85. The van der Waals surface area contributed by atoms with Gasteiger partial charge >= 0.3 is 5.97 Å². The monoisotopic (exact) mass is 366 g/mol. The second kappa shape index (κ2) is 6.27. The zero-order valence-corrected chi connectivity index (χ0v) is 14.9. The molecule has 0 unspecified atom stereocenters. The van der Waals surface area contributed by atoms with E-state index in [9.17, 15) is 9.59 Å². The molecule has 0 bridgehead atoms. The molecule has 0 atom stereocenters. The van der Waals surface area contributed by atoms with Crippen molar-refractivity contribution in [3.8, 4) is 11.5 Å². The zero-order chi connectivity index (χ0) is 18.3. The number of carbonyl (C=O) groups excluding carboxylic acids is 1. The summed E-state index contributed by atoms with van der Waals surface area (Å²) in [5, 5.41) is 0. The smallest absolute Gasteiger partial charge is 0.308 e. The first kappa shape index (κ1) is 16.3. The molecule has 0 saturated heterocycles. The predicted octanol–water partition coefficient (Wildman–Crippen LogP) is 2.39. The molecule has 2 aromatic carbocycles. The van der Waals surface area contributed by atoms with Gasteiger partial charge in [-0.3, -0.25) is 9.59 Å². The number of hydrogen-bond donors (Lipinski definition) is 0. The molecule has 2 heterocycles. The Hall–Kier alpha value is -3.19. The third-order valence-corrected chi connectivity index (χ3v) is 4.85. The average Bonchev–Trinajstić information content (AvgIpc) is 3.12. The highest BCUT2D eigenvalue weighted by molar-refractivity contribution is 7.15. The van der Waals surface area contributed by atoms with E-state index in [1.807, 2.05) is 24.3 Å². The van der Waals surface area contributed by atoms with Crippen LogP contribution in [0, 0.1) is 0 Å². The van der Waals surface area contributed by atoms with Crippen LogP contribution >= 0.6 is 11.3 Å². The van der Waals surface area contributed by atoms with Gasteiger partial charge in [-0.25, -0.2) is 9.38 Å². The molecule has 0 fully saturated rings. The van der Waals surface area contributed by atoms with Crippen LogP contribution in [0.4, 0.5) is 0 Å². The number of thiazole rings is 1. The first-order valence-corrected chi connectivity index (χ1v) is 8.66. The molecule has 0 N–H and O–H groups in total. The van der Waals surface area contributed by atoms with Gasteiger partial charge in [0.15, 0.2) is 16.5 Å². The van der Waals surface area contributed by atoms with Gasteiger partial charge in [0.05, 0.1) is 22.7 Å². The number of hydrogen-bond acceptors (Lipinski definition) is 6. The molecular formula is C19H14N2O4S. The number of fused-ring (bicyclic) bond motifs is 3. The second-order valence-electron chi connectivity index (χ2n) is 5.64. The largest absolute Gasteiger partial charge is 0.493 e. The molecule has 2 aromatic heterocycles. The van der Waals surface area contributed by atoms with Gasteiger partial charge in [-0.05, 0) is 35.9 Å². The quantitative estimate of drug-likeness (QED) is 0.411. The molecule has 0 radical (unpaired) electrons. The summed E-state index contributed by atoms with van der Waals surface area (Å²) in [7, 11) is 1.50. The minimum Gasteiger partial charge on any atom is -0.493 e. The fourth-order valence-electron chi connectivity index (χ4n) is 2.78. The number of ether oxygens (including phenoxy) is 2. The minimum atomic E-state index is -0.423. The highest BCUT2D eigenvalue weighted by Gasteiger charge is 2.11. The van der Waals surface area contributed by atoms with Crippen LogP contribution in [0.5, 0.6) is 11.5 Å². The van der Waals surface area contributed by atoms with Crippen molar-refractivity contribution in [3.05, 3.63) is 62.9 Å². The van der Waals surface area contributed by atoms with Crippen molar-refractivity contribution >= 4 is 39.4 Å². The maximum Gasteiger partial charge on any atom is 0.308 e. The first-order chi connectivity index (χ1) is 12.6. The Morgan fingerprint density at radius 2 is 2.00 bits per heavy atom. The summed E-state index contributed by atoms with van der Waals surface area (Å²) in [4.78, 5) is 29.1. The summed E-state index contributed by atoms with van der Waals surface area (Å²) in [6, 6.07) is 12.7. The zero-order valence-electron chi connectivity index (χ0n) is 14.1. The maximum absolute atomic E-state index is 12.8. The van der Waals surface area contributed by atoms with Crippen molar-refractivity contribution in [1.29, 1.82) is 0 Å². The van der Waals surface area contributed by atoms with E-state index >= 15 is 0 Å².